The van der Waals surface area contributed by atoms with Crippen LogP contribution in [0.15, 0.2) is 119 Å². The molecule has 0 amide bonds. The number of benzene rings is 6. The summed E-state index contributed by atoms with van der Waals surface area (Å²) in [6, 6.07) is 27.6. The third-order valence-corrected chi connectivity index (χ3v) is 11.6. The Morgan fingerprint density at radius 3 is 1.03 bits per heavy atom. The summed E-state index contributed by atoms with van der Waals surface area (Å²) in [6.45, 7) is 0. The molecule has 6 aromatic rings. The quantitative estimate of drug-likeness (QED) is 0.0838. The van der Waals surface area contributed by atoms with Crippen molar-refractivity contribution in [2.75, 3.05) is 22.1 Å². The van der Waals surface area contributed by atoms with Gasteiger partial charge in [-0.2, -0.15) is 0 Å². The van der Waals surface area contributed by atoms with Crippen LogP contribution in [0.2, 0.25) is 0 Å². The van der Waals surface area contributed by atoms with Gasteiger partial charge in [0.1, 0.15) is 20.2 Å². The summed E-state index contributed by atoms with van der Waals surface area (Å²) in [5.41, 5.74) is 12.4. The standard InChI is InChI=1S/C41H28N4O10S2.2Na/c42-36-30(56(50,51)52)18-28(32-34(36)40(48)26-7-3-1-5-24(26)38(32)46)44-22-13-9-20(10-14-22)17-21-11-15-23(16-12-21)45-29-19-31(57(53,54)55)37(43)35-33(29)39(47)25-6-2-4-8-27(25)41(35)49;;/h1-16,18-19,44-45H,17,42-43H2,(H,50,51,52)(H,53,54,55);;/q;2*+1/p-2. The first kappa shape index (κ1) is 43.6. The monoisotopic (exact) mass is 844 g/mol. The fraction of sp³-hybridized carbons (Fsp3) is 0.0244. The van der Waals surface area contributed by atoms with Crippen molar-refractivity contribution in [3.63, 3.8) is 0 Å². The molecule has 14 nitrogen and oxygen atoms in total. The number of nitrogens with one attached hydrogen (secondary N) is 2. The number of rotatable bonds is 8. The van der Waals surface area contributed by atoms with Crippen molar-refractivity contribution in [1.29, 1.82) is 0 Å². The number of hydrogen-bond acceptors (Lipinski definition) is 14. The summed E-state index contributed by atoms with van der Waals surface area (Å²) in [7, 11) is -10.3. The average Bonchev–Trinajstić information content (AvgIpc) is 3.17. The van der Waals surface area contributed by atoms with Crippen LogP contribution in [0.4, 0.5) is 34.1 Å². The van der Waals surface area contributed by atoms with Gasteiger partial charge in [0.2, 0.25) is 0 Å². The fourth-order valence-electron chi connectivity index (χ4n) is 7.16. The number of hydrogen-bond donors (Lipinski definition) is 4. The van der Waals surface area contributed by atoms with E-state index in [1.807, 2.05) is 0 Å². The van der Waals surface area contributed by atoms with E-state index in [1.54, 1.807) is 72.8 Å². The third kappa shape index (κ3) is 7.80. The molecule has 18 heteroatoms. The Morgan fingerprint density at radius 2 is 0.746 bits per heavy atom. The molecule has 2 aliphatic carbocycles. The molecular weight excluding hydrogens is 819 g/mol. The Morgan fingerprint density at radius 1 is 0.458 bits per heavy atom. The molecule has 0 saturated carbocycles. The smallest absolute Gasteiger partial charge is 0.744 e. The van der Waals surface area contributed by atoms with Crippen molar-refractivity contribution in [2.24, 2.45) is 0 Å². The van der Waals surface area contributed by atoms with Crippen LogP contribution in [-0.2, 0) is 26.7 Å². The van der Waals surface area contributed by atoms with Crippen LogP contribution in [0.25, 0.3) is 0 Å². The maximum atomic E-state index is 13.6. The van der Waals surface area contributed by atoms with E-state index in [4.69, 9.17) is 11.5 Å². The molecule has 59 heavy (non-hydrogen) atoms. The maximum Gasteiger partial charge on any atom is 1.00 e. The van der Waals surface area contributed by atoms with E-state index in [0.29, 0.717) is 17.8 Å². The molecule has 0 fully saturated rings. The Balaban J connectivity index is 0.00000293. The van der Waals surface area contributed by atoms with E-state index in [-0.39, 0.29) is 115 Å². The Labute approximate surface area is 381 Å². The largest absolute Gasteiger partial charge is 1.00 e. The predicted octanol–water partition coefficient (Wildman–Crippen LogP) is -0.704. The second-order valence-corrected chi connectivity index (χ2v) is 16.0. The molecule has 0 unspecified atom stereocenters. The summed E-state index contributed by atoms with van der Waals surface area (Å²) < 4.78 is 73.0. The predicted molar refractivity (Wildman–Crippen MR) is 207 cm³/mol. The molecule has 0 aromatic heterocycles. The first-order chi connectivity index (χ1) is 27.0. The summed E-state index contributed by atoms with van der Waals surface area (Å²) >= 11 is 0. The number of anilines is 6. The number of ketones is 4. The molecule has 0 heterocycles. The van der Waals surface area contributed by atoms with E-state index in [0.717, 1.165) is 23.3 Å². The van der Waals surface area contributed by atoms with Crippen molar-refractivity contribution < 1.29 is 104 Å². The Hall–Kier alpha value is -4.98. The van der Waals surface area contributed by atoms with E-state index in [2.05, 4.69) is 10.6 Å². The van der Waals surface area contributed by atoms with Gasteiger partial charge in [-0.25, -0.2) is 16.8 Å². The molecule has 284 valence electrons. The molecule has 6 N–H and O–H groups in total. The first-order valence-corrected chi connectivity index (χ1v) is 19.8. The number of nitrogens with two attached hydrogens (primary N) is 2. The molecule has 0 saturated heterocycles. The van der Waals surface area contributed by atoms with Crippen molar-refractivity contribution in [1.82, 2.24) is 0 Å². The minimum absolute atomic E-state index is 0. The Kier molecular flexibility index (Phi) is 12.0. The van der Waals surface area contributed by atoms with E-state index >= 15 is 0 Å². The van der Waals surface area contributed by atoms with E-state index in [9.17, 15) is 45.1 Å². The second-order valence-electron chi connectivity index (χ2n) is 13.3. The van der Waals surface area contributed by atoms with E-state index in [1.165, 1.54) is 24.3 Å². The van der Waals surface area contributed by atoms with E-state index < -0.39 is 64.5 Å². The Bertz CT molecular complexity index is 2830. The fourth-order valence-corrected chi connectivity index (χ4v) is 8.42. The molecular formula is C41H26N4Na2O10S2. The average molecular weight is 845 g/mol. The summed E-state index contributed by atoms with van der Waals surface area (Å²) in [5.74, 6) is -2.52. The van der Waals surface area contributed by atoms with Gasteiger partial charge in [0.25, 0.3) is 0 Å². The minimum Gasteiger partial charge on any atom is -0.744 e. The zero-order chi connectivity index (χ0) is 40.6. The molecule has 0 bridgehead atoms. The van der Waals surface area contributed by atoms with Gasteiger partial charge in [0.15, 0.2) is 23.1 Å². The molecule has 6 aromatic carbocycles. The zero-order valence-corrected chi connectivity index (χ0v) is 36.8. The maximum absolute atomic E-state index is 13.6. The molecule has 0 aliphatic heterocycles. The number of fused-ring (bicyclic) bond motifs is 4. The SMILES string of the molecule is Nc1c(S(=O)(=O)[O-])cc(Nc2ccc(Cc3ccc(Nc4cc(S(=O)(=O)[O-])c(N)c5c4C(=O)c4ccccc4C5=O)cc3)cc2)c2c1C(=O)c1ccccc1C2=O.[Na+].[Na+]. The van der Waals surface area contributed by atoms with Crippen LogP contribution in [-0.4, -0.2) is 49.1 Å². The molecule has 8 rings (SSSR count). The van der Waals surface area contributed by atoms with Crippen LogP contribution in [0, 0.1) is 0 Å². The first-order valence-electron chi connectivity index (χ1n) is 17.0. The summed E-state index contributed by atoms with van der Waals surface area (Å²) in [4.78, 5) is 52.5. The van der Waals surface area contributed by atoms with Gasteiger partial charge in [-0.1, -0.05) is 72.8 Å². The van der Waals surface area contributed by atoms with Crippen LogP contribution >= 0.6 is 0 Å². The van der Waals surface area contributed by atoms with Gasteiger partial charge < -0.3 is 31.2 Å². The van der Waals surface area contributed by atoms with Crippen LogP contribution in [0.1, 0.15) is 74.8 Å². The molecule has 0 radical (unpaired) electrons. The van der Waals surface area contributed by atoms with Gasteiger partial charge in [0, 0.05) is 33.6 Å². The van der Waals surface area contributed by atoms with Crippen molar-refractivity contribution in [3.05, 3.63) is 165 Å². The van der Waals surface area contributed by atoms with Crippen LogP contribution in [0.3, 0.4) is 0 Å². The summed E-state index contributed by atoms with van der Waals surface area (Å²) in [6.07, 6.45) is 0.416. The zero-order valence-electron chi connectivity index (χ0n) is 31.2. The molecule has 2 aliphatic rings. The summed E-state index contributed by atoms with van der Waals surface area (Å²) in [5, 5.41) is 5.95. The third-order valence-electron chi connectivity index (χ3n) is 9.81. The number of carbonyl (C=O) groups excluding carboxylic acids is 4. The molecule has 0 spiro atoms. The van der Waals surface area contributed by atoms with Gasteiger partial charge in [0.05, 0.1) is 54.8 Å². The number of carbonyl (C=O) groups is 4. The topological polar surface area (TPSA) is 259 Å². The van der Waals surface area contributed by atoms with Crippen molar-refractivity contribution in [2.45, 2.75) is 16.2 Å². The van der Waals surface area contributed by atoms with Gasteiger partial charge in [-0.05, 0) is 53.9 Å². The van der Waals surface area contributed by atoms with Crippen molar-refractivity contribution >= 4 is 77.5 Å². The van der Waals surface area contributed by atoms with Gasteiger partial charge in [-0.3, -0.25) is 19.2 Å². The van der Waals surface area contributed by atoms with Crippen LogP contribution in [0.5, 0.6) is 0 Å². The van der Waals surface area contributed by atoms with Gasteiger partial charge >= 0.3 is 59.1 Å². The normalized spacial score (nSPS) is 12.9. The van der Waals surface area contributed by atoms with Crippen molar-refractivity contribution in [3.8, 4) is 0 Å². The van der Waals surface area contributed by atoms with Crippen LogP contribution < -0.4 is 81.2 Å². The second kappa shape index (κ2) is 16.2. The minimum atomic E-state index is -5.14. The van der Waals surface area contributed by atoms with Gasteiger partial charge in [-0.15, -0.1) is 0 Å². The number of nitrogen functional groups attached to an aromatic ring is 2. The molecule has 0 atom stereocenters.